The lowest BCUT2D eigenvalue weighted by Crippen LogP contribution is -2.30. The van der Waals surface area contributed by atoms with Crippen LogP contribution in [0.25, 0.3) is 0 Å². The Hall–Kier alpha value is -2.71. The SMILES string of the molecule is COc1ccc(S(=O)(=O)N(Cc2cccs2)c2ccc3c(c2)OCCO3)cc1. The van der Waals surface area contributed by atoms with Crippen LogP contribution in [-0.2, 0) is 16.6 Å². The van der Waals surface area contributed by atoms with E-state index in [1.165, 1.54) is 15.6 Å². The third-order valence-electron chi connectivity index (χ3n) is 4.34. The summed E-state index contributed by atoms with van der Waals surface area (Å²) in [5, 5.41) is 1.93. The normalized spacial score (nSPS) is 13.2. The van der Waals surface area contributed by atoms with E-state index in [1.807, 2.05) is 17.5 Å². The molecule has 2 aromatic carbocycles. The second-order valence-electron chi connectivity index (χ2n) is 6.09. The van der Waals surface area contributed by atoms with Crippen LogP contribution >= 0.6 is 11.3 Å². The molecular weight excluding hydrogens is 398 g/mol. The van der Waals surface area contributed by atoms with E-state index in [2.05, 4.69) is 0 Å². The summed E-state index contributed by atoms with van der Waals surface area (Å²) < 4.78 is 44.6. The molecule has 0 atom stereocenters. The van der Waals surface area contributed by atoms with Crippen molar-refractivity contribution in [2.75, 3.05) is 24.6 Å². The number of hydrogen-bond donors (Lipinski definition) is 0. The van der Waals surface area contributed by atoms with Crippen molar-refractivity contribution in [3.63, 3.8) is 0 Å². The minimum Gasteiger partial charge on any atom is -0.497 e. The Balaban J connectivity index is 1.76. The molecule has 0 unspecified atom stereocenters. The molecule has 0 amide bonds. The average Bonchev–Trinajstić information content (AvgIpc) is 3.25. The summed E-state index contributed by atoms with van der Waals surface area (Å²) in [6.45, 7) is 1.15. The van der Waals surface area contributed by atoms with Crippen LogP contribution in [0.2, 0.25) is 0 Å². The molecule has 6 nitrogen and oxygen atoms in total. The highest BCUT2D eigenvalue weighted by Crippen LogP contribution is 2.36. The highest BCUT2D eigenvalue weighted by Gasteiger charge is 2.27. The van der Waals surface area contributed by atoms with Crippen molar-refractivity contribution in [3.8, 4) is 17.2 Å². The smallest absolute Gasteiger partial charge is 0.264 e. The molecule has 8 heteroatoms. The van der Waals surface area contributed by atoms with E-state index in [0.717, 1.165) is 4.88 Å². The Bertz CT molecular complexity index is 1050. The van der Waals surface area contributed by atoms with Crippen LogP contribution in [0, 0.1) is 0 Å². The fourth-order valence-electron chi connectivity index (χ4n) is 2.92. The standard InChI is InChI=1S/C20H19NO5S2/c1-24-16-5-7-18(8-6-16)28(22,23)21(14-17-3-2-12-27-17)15-4-9-19-20(13-15)26-11-10-25-19/h2-9,12-13H,10-11,14H2,1H3. The summed E-state index contributed by atoms with van der Waals surface area (Å²) in [4.78, 5) is 1.13. The minimum absolute atomic E-state index is 0.194. The summed E-state index contributed by atoms with van der Waals surface area (Å²) in [5.41, 5.74) is 0.522. The predicted octanol–water partition coefficient (Wildman–Crippen LogP) is 3.92. The van der Waals surface area contributed by atoms with Crippen molar-refractivity contribution >= 4 is 27.0 Å². The van der Waals surface area contributed by atoms with Crippen LogP contribution < -0.4 is 18.5 Å². The third-order valence-corrected chi connectivity index (χ3v) is 6.99. The quantitative estimate of drug-likeness (QED) is 0.608. The van der Waals surface area contributed by atoms with Crippen molar-refractivity contribution in [3.05, 3.63) is 64.9 Å². The highest BCUT2D eigenvalue weighted by molar-refractivity contribution is 7.92. The van der Waals surface area contributed by atoms with E-state index in [9.17, 15) is 8.42 Å². The van der Waals surface area contributed by atoms with Crippen LogP contribution in [0.5, 0.6) is 17.2 Å². The van der Waals surface area contributed by atoms with Gasteiger partial charge in [-0.1, -0.05) is 6.07 Å². The summed E-state index contributed by atoms with van der Waals surface area (Å²) in [6.07, 6.45) is 0. The maximum Gasteiger partial charge on any atom is 0.264 e. The van der Waals surface area contributed by atoms with E-state index >= 15 is 0 Å². The molecule has 0 fully saturated rings. The van der Waals surface area contributed by atoms with Crippen LogP contribution in [-0.4, -0.2) is 28.7 Å². The van der Waals surface area contributed by atoms with Crippen molar-refractivity contribution in [2.24, 2.45) is 0 Å². The predicted molar refractivity (Wildman–Crippen MR) is 108 cm³/mol. The van der Waals surface area contributed by atoms with Crippen molar-refractivity contribution in [2.45, 2.75) is 11.4 Å². The molecule has 146 valence electrons. The molecule has 1 aliphatic heterocycles. The van der Waals surface area contributed by atoms with Gasteiger partial charge in [0.2, 0.25) is 0 Å². The zero-order chi connectivity index (χ0) is 19.6. The Labute approximate surface area is 168 Å². The highest BCUT2D eigenvalue weighted by atomic mass is 32.2. The monoisotopic (exact) mass is 417 g/mol. The third kappa shape index (κ3) is 3.65. The molecule has 4 rings (SSSR count). The maximum absolute atomic E-state index is 13.4. The Morgan fingerprint density at radius 1 is 1.04 bits per heavy atom. The molecule has 1 aromatic heterocycles. The molecule has 28 heavy (non-hydrogen) atoms. The second-order valence-corrected chi connectivity index (χ2v) is 8.99. The number of fused-ring (bicyclic) bond motifs is 1. The number of thiophene rings is 1. The van der Waals surface area contributed by atoms with Crippen molar-refractivity contribution < 1.29 is 22.6 Å². The lowest BCUT2D eigenvalue weighted by atomic mass is 10.2. The number of sulfonamides is 1. The van der Waals surface area contributed by atoms with Gasteiger partial charge >= 0.3 is 0 Å². The number of ether oxygens (including phenoxy) is 3. The largest absolute Gasteiger partial charge is 0.497 e. The fourth-order valence-corrected chi connectivity index (χ4v) is 5.13. The van der Waals surface area contributed by atoms with E-state index in [-0.39, 0.29) is 11.4 Å². The molecule has 0 bridgehead atoms. The van der Waals surface area contributed by atoms with E-state index in [1.54, 1.807) is 49.6 Å². The van der Waals surface area contributed by atoms with Gasteiger partial charge < -0.3 is 14.2 Å². The van der Waals surface area contributed by atoms with Gasteiger partial charge in [0, 0.05) is 10.9 Å². The van der Waals surface area contributed by atoms with Gasteiger partial charge in [0.15, 0.2) is 11.5 Å². The first-order valence-electron chi connectivity index (χ1n) is 8.67. The van der Waals surface area contributed by atoms with Crippen LogP contribution in [0.4, 0.5) is 5.69 Å². The molecular formula is C20H19NO5S2. The first-order valence-corrected chi connectivity index (χ1v) is 11.0. The van der Waals surface area contributed by atoms with Gasteiger partial charge in [0.25, 0.3) is 10.0 Å². The molecule has 1 aliphatic rings. The van der Waals surface area contributed by atoms with Gasteiger partial charge in [-0.15, -0.1) is 11.3 Å². The van der Waals surface area contributed by atoms with E-state index in [0.29, 0.717) is 36.1 Å². The summed E-state index contributed by atoms with van der Waals surface area (Å²) in [7, 11) is -2.25. The van der Waals surface area contributed by atoms with Crippen molar-refractivity contribution in [1.29, 1.82) is 0 Å². The summed E-state index contributed by atoms with van der Waals surface area (Å²) >= 11 is 1.51. The lowest BCUT2D eigenvalue weighted by molar-refractivity contribution is 0.171. The molecule has 0 saturated carbocycles. The Morgan fingerprint density at radius 2 is 1.79 bits per heavy atom. The van der Waals surface area contributed by atoms with Crippen LogP contribution in [0.15, 0.2) is 64.9 Å². The Morgan fingerprint density at radius 3 is 2.46 bits per heavy atom. The average molecular weight is 418 g/mol. The number of rotatable bonds is 6. The molecule has 0 aliphatic carbocycles. The van der Waals surface area contributed by atoms with Gasteiger partial charge in [0.1, 0.15) is 19.0 Å². The van der Waals surface area contributed by atoms with Gasteiger partial charge in [-0.2, -0.15) is 0 Å². The van der Waals surface area contributed by atoms with Crippen molar-refractivity contribution in [1.82, 2.24) is 0 Å². The van der Waals surface area contributed by atoms with E-state index < -0.39 is 10.0 Å². The number of benzene rings is 2. The maximum atomic E-state index is 13.4. The number of anilines is 1. The number of nitrogens with zero attached hydrogens (tertiary/aromatic N) is 1. The first kappa shape index (κ1) is 18.6. The molecule has 0 saturated heterocycles. The van der Waals surface area contributed by atoms with Gasteiger partial charge in [0.05, 0.1) is 24.2 Å². The van der Waals surface area contributed by atoms with Crippen LogP contribution in [0.3, 0.4) is 0 Å². The van der Waals surface area contributed by atoms with Gasteiger partial charge in [-0.05, 0) is 47.8 Å². The Kier molecular flexibility index (Phi) is 5.15. The van der Waals surface area contributed by atoms with Crippen LogP contribution in [0.1, 0.15) is 4.88 Å². The molecule has 2 heterocycles. The second kappa shape index (κ2) is 7.73. The van der Waals surface area contributed by atoms with E-state index in [4.69, 9.17) is 14.2 Å². The molecule has 0 radical (unpaired) electrons. The van der Waals surface area contributed by atoms with Gasteiger partial charge in [-0.25, -0.2) is 8.42 Å². The molecule has 0 N–H and O–H groups in total. The van der Waals surface area contributed by atoms with Gasteiger partial charge in [-0.3, -0.25) is 4.31 Å². The molecule has 0 spiro atoms. The first-order chi connectivity index (χ1) is 13.6. The zero-order valence-corrected chi connectivity index (χ0v) is 16.8. The zero-order valence-electron chi connectivity index (χ0n) is 15.2. The molecule has 3 aromatic rings. The lowest BCUT2D eigenvalue weighted by Gasteiger charge is -2.26. The number of methoxy groups -OCH3 is 1. The summed E-state index contributed by atoms with van der Waals surface area (Å²) in [6, 6.07) is 15.4. The fraction of sp³-hybridized carbons (Fsp3) is 0.200. The summed E-state index contributed by atoms with van der Waals surface area (Å²) in [5.74, 6) is 1.76. The number of hydrogen-bond acceptors (Lipinski definition) is 6. The minimum atomic E-state index is -3.79. The topological polar surface area (TPSA) is 65.1 Å².